The zero-order chi connectivity index (χ0) is 21.4. The lowest BCUT2D eigenvalue weighted by molar-refractivity contribution is -0.136. The Bertz CT molecular complexity index is 899. The topological polar surface area (TPSA) is 98.8 Å². The van der Waals surface area contributed by atoms with Crippen LogP contribution in [0.3, 0.4) is 0 Å². The van der Waals surface area contributed by atoms with Crippen molar-refractivity contribution in [2.24, 2.45) is 0 Å². The molecule has 1 unspecified atom stereocenters. The number of piperidine rings is 1. The summed E-state index contributed by atoms with van der Waals surface area (Å²) >= 11 is 0. The van der Waals surface area contributed by atoms with Crippen LogP contribution in [0.25, 0.3) is 0 Å². The summed E-state index contributed by atoms with van der Waals surface area (Å²) in [6.07, 6.45) is 6.04. The van der Waals surface area contributed by atoms with Gasteiger partial charge in [0, 0.05) is 31.2 Å². The maximum Gasteiger partial charge on any atom is 0.262 e. The van der Waals surface area contributed by atoms with Gasteiger partial charge in [0.15, 0.2) is 0 Å². The summed E-state index contributed by atoms with van der Waals surface area (Å²) in [4.78, 5) is 52.8. The molecule has 8 heteroatoms. The van der Waals surface area contributed by atoms with Gasteiger partial charge < -0.3 is 10.2 Å². The fourth-order valence-electron chi connectivity index (χ4n) is 4.96. The summed E-state index contributed by atoms with van der Waals surface area (Å²) in [5, 5.41) is 5.65. The van der Waals surface area contributed by atoms with Gasteiger partial charge in [0.05, 0.1) is 11.1 Å². The van der Waals surface area contributed by atoms with Crippen LogP contribution in [0.15, 0.2) is 18.2 Å². The van der Waals surface area contributed by atoms with Gasteiger partial charge in [-0.05, 0) is 44.5 Å². The van der Waals surface area contributed by atoms with Crippen LogP contribution in [0, 0.1) is 0 Å². The maximum absolute atomic E-state index is 13.1. The minimum atomic E-state index is -0.938. The Morgan fingerprint density at radius 1 is 1.00 bits per heavy atom. The molecule has 8 nitrogen and oxygen atoms in total. The zero-order valence-electron chi connectivity index (χ0n) is 17.4. The molecule has 2 fully saturated rings. The van der Waals surface area contributed by atoms with Crippen molar-refractivity contribution in [1.82, 2.24) is 15.5 Å². The number of carbonyl (C=O) groups is 4. The fraction of sp³-hybridized carbons (Fsp3) is 0.545. The molecule has 3 aliphatic rings. The molecule has 0 aromatic heterocycles. The van der Waals surface area contributed by atoms with Crippen LogP contribution in [0.2, 0.25) is 0 Å². The number of hydrogen-bond donors (Lipinski definition) is 2. The molecule has 3 atom stereocenters. The Morgan fingerprint density at radius 2 is 1.73 bits per heavy atom. The number of fused-ring (bicyclic) bond motifs is 1. The van der Waals surface area contributed by atoms with E-state index in [4.69, 9.17) is 0 Å². The third-order valence-electron chi connectivity index (χ3n) is 6.68. The van der Waals surface area contributed by atoms with Crippen LogP contribution in [0.4, 0.5) is 5.69 Å². The summed E-state index contributed by atoms with van der Waals surface area (Å²) in [7, 11) is 4.01. The van der Waals surface area contributed by atoms with Crippen LogP contribution in [0.5, 0.6) is 0 Å². The van der Waals surface area contributed by atoms with Crippen molar-refractivity contribution >= 4 is 29.3 Å². The summed E-state index contributed by atoms with van der Waals surface area (Å²) in [5.74, 6) is -1.90. The van der Waals surface area contributed by atoms with E-state index in [2.05, 4.69) is 15.5 Å². The van der Waals surface area contributed by atoms with Crippen molar-refractivity contribution in [2.75, 3.05) is 19.0 Å². The van der Waals surface area contributed by atoms with E-state index in [9.17, 15) is 19.2 Å². The first-order valence-corrected chi connectivity index (χ1v) is 10.7. The molecular formula is C22H28N4O4. The van der Waals surface area contributed by atoms with E-state index in [1.54, 1.807) is 12.1 Å². The second-order valence-electron chi connectivity index (χ2n) is 8.39. The number of nitrogens with zero attached hydrogens (tertiary/aromatic N) is 2. The normalized spacial score (nSPS) is 27.0. The number of benzene rings is 1. The summed E-state index contributed by atoms with van der Waals surface area (Å²) in [6, 6.07) is 5.04. The Hall–Kier alpha value is -2.74. The zero-order valence-corrected chi connectivity index (χ0v) is 17.4. The van der Waals surface area contributed by atoms with Gasteiger partial charge in [-0.15, -0.1) is 0 Å². The van der Waals surface area contributed by atoms with Crippen molar-refractivity contribution in [3.63, 3.8) is 0 Å². The third-order valence-corrected chi connectivity index (χ3v) is 6.68. The number of imide groups is 2. The molecule has 1 aromatic carbocycles. The first-order valence-electron chi connectivity index (χ1n) is 10.7. The number of nitrogens with one attached hydrogen (secondary N) is 2. The highest BCUT2D eigenvalue weighted by atomic mass is 16.2. The lowest BCUT2D eigenvalue weighted by Gasteiger charge is -2.35. The number of hydrogen-bond acceptors (Lipinski definition) is 6. The highest BCUT2D eigenvalue weighted by molar-refractivity contribution is 6.23. The second kappa shape index (κ2) is 8.18. The molecule has 30 heavy (non-hydrogen) atoms. The van der Waals surface area contributed by atoms with Gasteiger partial charge in [-0.3, -0.25) is 29.4 Å². The van der Waals surface area contributed by atoms with E-state index in [1.807, 2.05) is 20.2 Å². The van der Waals surface area contributed by atoms with Crippen LogP contribution < -0.4 is 15.5 Å². The lowest BCUT2D eigenvalue weighted by atomic mass is 10.00. The van der Waals surface area contributed by atoms with E-state index in [0.29, 0.717) is 23.2 Å². The quantitative estimate of drug-likeness (QED) is 0.574. The molecule has 0 spiro atoms. The number of carbonyl (C=O) groups excluding carboxylic acids is 4. The molecule has 1 aromatic rings. The molecule has 4 rings (SSSR count). The first-order chi connectivity index (χ1) is 14.4. The van der Waals surface area contributed by atoms with Crippen molar-refractivity contribution < 1.29 is 19.2 Å². The molecule has 1 saturated heterocycles. The van der Waals surface area contributed by atoms with Crippen LogP contribution in [-0.2, 0) is 9.59 Å². The van der Waals surface area contributed by atoms with Crippen molar-refractivity contribution in [3.05, 3.63) is 29.3 Å². The first kappa shape index (κ1) is 20.5. The molecule has 2 heterocycles. The standard InChI is InChI=1S/C22H28N4O4/c1-23-16-6-4-3-5-7-17(16)25(2)13-8-9-14-15(12-13)22(30)26(21(14)29)18-10-11-19(27)24-20(18)28/h8-9,12,16-18,23H,3-7,10-11H2,1-2H3,(H,24,27,28)/t16-,17-,18?/m1/s1. The molecule has 4 amide bonds. The van der Waals surface area contributed by atoms with Crippen LogP contribution in [0.1, 0.15) is 65.7 Å². The molecular weight excluding hydrogens is 384 g/mol. The Balaban J connectivity index is 1.60. The molecule has 1 aliphatic carbocycles. The van der Waals surface area contributed by atoms with Crippen molar-refractivity contribution in [3.8, 4) is 0 Å². The molecule has 160 valence electrons. The SMILES string of the molecule is CN[C@@H]1CCCCC[C@H]1N(C)c1ccc2c(c1)C(=O)N(C1CCC(=O)NC1=O)C2=O. The van der Waals surface area contributed by atoms with E-state index in [1.165, 1.54) is 19.3 Å². The Labute approximate surface area is 176 Å². The van der Waals surface area contributed by atoms with E-state index >= 15 is 0 Å². The monoisotopic (exact) mass is 412 g/mol. The van der Waals surface area contributed by atoms with Gasteiger partial charge in [-0.25, -0.2) is 0 Å². The van der Waals surface area contributed by atoms with Gasteiger partial charge in [0.2, 0.25) is 11.8 Å². The predicted octanol–water partition coefficient (Wildman–Crippen LogP) is 1.44. The van der Waals surface area contributed by atoms with Gasteiger partial charge in [0.25, 0.3) is 11.8 Å². The van der Waals surface area contributed by atoms with Crippen LogP contribution in [-0.4, -0.2) is 60.7 Å². The van der Waals surface area contributed by atoms with E-state index in [-0.39, 0.29) is 18.7 Å². The number of likely N-dealkylation sites (N-methyl/N-ethyl adjacent to an activating group) is 2. The second-order valence-corrected chi connectivity index (χ2v) is 8.39. The molecule has 0 radical (unpaired) electrons. The fourth-order valence-corrected chi connectivity index (χ4v) is 4.96. The smallest absolute Gasteiger partial charge is 0.262 e. The number of amides is 4. The molecule has 2 aliphatic heterocycles. The maximum atomic E-state index is 13.1. The highest BCUT2D eigenvalue weighted by Gasteiger charge is 2.44. The van der Waals surface area contributed by atoms with Gasteiger partial charge in [0.1, 0.15) is 6.04 Å². The van der Waals surface area contributed by atoms with Crippen LogP contribution >= 0.6 is 0 Å². The number of anilines is 1. The Morgan fingerprint density at radius 3 is 2.47 bits per heavy atom. The summed E-state index contributed by atoms with van der Waals surface area (Å²) < 4.78 is 0. The number of rotatable bonds is 4. The third kappa shape index (κ3) is 3.49. The van der Waals surface area contributed by atoms with Crippen molar-refractivity contribution in [1.29, 1.82) is 0 Å². The summed E-state index contributed by atoms with van der Waals surface area (Å²) in [6.45, 7) is 0. The molecule has 0 bridgehead atoms. The highest BCUT2D eigenvalue weighted by Crippen LogP contribution is 2.32. The average molecular weight is 412 g/mol. The van der Waals surface area contributed by atoms with Crippen molar-refractivity contribution in [2.45, 2.75) is 63.1 Å². The largest absolute Gasteiger partial charge is 0.370 e. The predicted molar refractivity (Wildman–Crippen MR) is 111 cm³/mol. The van der Waals surface area contributed by atoms with Gasteiger partial charge in [-0.2, -0.15) is 0 Å². The minimum Gasteiger partial charge on any atom is -0.370 e. The average Bonchev–Trinajstić information content (AvgIpc) is 2.90. The van der Waals surface area contributed by atoms with Gasteiger partial charge in [-0.1, -0.05) is 19.3 Å². The van der Waals surface area contributed by atoms with E-state index in [0.717, 1.165) is 23.4 Å². The Kier molecular flexibility index (Phi) is 5.60. The lowest BCUT2D eigenvalue weighted by Crippen LogP contribution is -2.54. The van der Waals surface area contributed by atoms with Gasteiger partial charge >= 0.3 is 0 Å². The molecule has 2 N–H and O–H groups in total. The summed E-state index contributed by atoms with van der Waals surface area (Å²) in [5.41, 5.74) is 1.52. The minimum absolute atomic E-state index is 0.116. The van der Waals surface area contributed by atoms with E-state index < -0.39 is 23.8 Å². The molecule has 1 saturated carbocycles.